The first-order valence-corrected chi connectivity index (χ1v) is 7.12. The highest BCUT2D eigenvalue weighted by molar-refractivity contribution is 6.30. The molecule has 0 bridgehead atoms. The van der Waals surface area contributed by atoms with Crippen LogP contribution in [0.4, 0.5) is 4.39 Å². The van der Waals surface area contributed by atoms with Crippen LogP contribution in [0.15, 0.2) is 18.2 Å². The molecule has 1 saturated carbocycles. The van der Waals surface area contributed by atoms with Gasteiger partial charge in [0.2, 0.25) is 0 Å². The van der Waals surface area contributed by atoms with Gasteiger partial charge in [-0.3, -0.25) is 4.79 Å². The maximum absolute atomic E-state index is 13.7. The Hall–Kier alpha value is -0.930. The maximum Gasteiger partial charge on any atom is 0.144 e. The van der Waals surface area contributed by atoms with E-state index >= 15 is 0 Å². The van der Waals surface area contributed by atoms with Crippen molar-refractivity contribution in [1.29, 1.82) is 0 Å². The van der Waals surface area contributed by atoms with Crippen LogP contribution in [0.25, 0.3) is 0 Å². The van der Waals surface area contributed by atoms with Crippen LogP contribution in [0.5, 0.6) is 0 Å². The second-order valence-electron chi connectivity index (χ2n) is 5.38. The molecule has 2 rings (SSSR count). The van der Waals surface area contributed by atoms with Crippen LogP contribution in [0.1, 0.15) is 37.7 Å². The normalized spacial score (nSPS) is 18.3. The Morgan fingerprint density at radius 3 is 2.58 bits per heavy atom. The molecule has 1 fully saturated rings. The van der Waals surface area contributed by atoms with Crippen LogP contribution in [-0.4, -0.2) is 12.3 Å². The lowest BCUT2D eigenvalue weighted by atomic mass is 9.70. The van der Waals surface area contributed by atoms with E-state index in [4.69, 9.17) is 17.3 Å². The number of nitrogens with two attached hydrogens (primary N) is 1. The van der Waals surface area contributed by atoms with Crippen molar-refractivity contribution in [3.05, 3.63) is 34.6 Å². The predicted molar refractivity (Wildman–Crippen MR) is 74.7 cm³/mol. The molecule has 0 amide bonds. The van der Waals surface area contributed by atoms with Gasteiger partial charge in [0.15, 0.2) is 0 Å². The summed E-state index contributed by atoms with van der Waals surface area (Å²) in [5.74, 6) is -0.347. The van der Waals surface area contributed by atoms with E-state index in [1.807, 2.05) is 0 Å². The molecule has 19 heavy (non-hydrogen) atoms. The zero-order valence-electron chi connectivity index (χ0n) is 10.9. The van der Waals surface area contributed by atoms with Gasteiger partial charge < -0.3 is 5.73 Å². The molecule has 0 radical (unpaired) electrons. The first kappa shape index (κ1) is 14.5. The third-order valence-corrected chi connectivity index (χ3v) is 4.39. The molecular formula is C15H19ClFNO. The Bertz CT molecular complexity index is 469. The number of carbonyl (C=O) groups excluding carboxylic acids is 1. The Kier molecular flexibility index (Phi) is 4.58. The van der Waals surface area contributed by atoms with E-state index in [1.165, 1.54) is 6.07 Å². The van der Waals surface area contributed by atoms with Gasteiger partial charge in [0.05, 0.1) is 0 Å². The van der Waals surface area contributed by atoms with Crippen molar-refractivity contribution in [2.45, 2.75) is 38.5 Å². The molecule has 1 aliphatic rings. The highest BCUT2D eigenvalue weighted by atomic mass is 35.5. The van der Waals surface area contributed by atoms with Crippen molar-refractivity contribution in [3.63, 3.8) is 0 Å². The first-order valence-electron chi connectivity index (χ1n) is 6.75. The minimum atomic E-state index is -0.440. The van der Waals surface area contributed by atoms with Gasteiger partial charge in [-0.25, -0.2) is 4.39 Å². The second kappa shape index (κ2) is 6.02. The highest BCUT2D eigenvalue weighted by Crippen LogP contribution is 2.37. The molecule has 0 heterocycles. The largest absolute Gasteiger partial charge is 0.329 e. The predicted octanol–water partition coefficient (Wildman–Crippen LogP) is 3.50. The molecule has 2 N–H and O–H groups in total. The monoisotopic (exact) mass is 283 g/mol. The Morgan fingerprint density at radius 1 is 1.32 bits per heavy atom. The topological polar surface area (TPSA) is 43.1 Å². The molecule has 0 unspecified atom stereocenters. The average Bonchev–Trinajstić information content (AvgIpc) is 2.42. The zero-order valence-corrected chi connectivity index (χ0v) is 11.7. The summed E-state index contributed by atoms with van der Waals surface area (Å²) in [5.41, 5.74) is 5.79. The SMILES string of the molecule is NCC1(C(=O)Cc2ccc(Cl)cc2F)CCCCC1. The van der Waals surface area contributed by atoms with Crippen LogP contribution in [0.2, 0.25) is 5.02 Å². The molecule has 0 aromatic heterocycles. The standard InChI is InChI=1S/C15H19ClFNO/c16-12-5-4-11(13(17)9-12)8-14(19)15(10-18)6-2-1-3-7-15/h4-5,9H,1-3,6-8,10,18H2. The Balaban J connectivity index is 2.15. The van der Waals surface area contributed by atoms with E-state index < -0.39 is 11.2 Å². The quantitative estimate of drug-likeness (QED) is 0.919. The summed E-state index contributed by atoms with van der Waals surface area (Å²) in [7, 11) is 0. The van der Waals surface area contributed by atoms with Crippen molar-refractivity contribution in [3.8, 4) is 0 Å². The van der Waals surface area contributed by atoms with Gasteiger partial charge in [0.25, 0.3) is 0 Å². The second-order valence-corrected chi connectivity index (χ2v) is 5.82. The molecule has 0 atom stereocenters. The van der Waals surface area contributed by atoms with Crippen molar-refractivity contribution in [2.75, 3.05) is 6.54 Å². The number of rotatable bonds is 4. The van der Waals surface area contributed by atoms with E-state index in [0.29, 0.717) is 17.1 Å². The highest BCUT2D eigenvalue weighted by Gasteiger charge is 2.37. The molecule has 1 aliphatic carbocycles. The molecule has 104 valence electrons. The summed E-state index contributed by atoms with van der Waals surface area (Å²) < 4.78 is 13.7. The number of ketones is 1. The van der Waals surface area contributed by atoms with Crippen LogP contribution >= 0.6 is 11.6 Å². The molecule has 0 spiro atoms. The summed E-state index contributed by atoms with van der Waals surface area (Å²) in [6.07, 6.45) is 5.00. The molecular weight excluding hydrogens is 265 g/mol. The lowest BCUT2D eigenvalue weighted by Gasteiger charge is -2.34. The number of hydrogen-bond acceptors (Lipinski definition) is 2. The van der Waals surface area contributed by atoms with E-state index in [1.54, 1.807) is 12.1 Å². The third-order valence-electron chi connectivity index (χ3n) is 4.16. The molecule has 0 aliphatic heterocycles. The molecule has 1 aromatic rings. The van der Waals surface area contributed by atoms with Crippen molar-refractivity contribution >= 4 is 17.4 Å². The number of halogens is 2. The van der Waals surface area contributed by atoms with Gasteiger partial charge in [-0.15, -0.1) is 0 Å². The smallest absolute Gasteiger partial charge is 0.144 e. The van der Waals surface area contributed by atoms with Gasteiger partial charge in [-0.2, -0.15) is 0 Å². The van der Waals surface area contributed by atoms with Crippen LogP contribution in [-0.2, 0) is 11.2 Å². The molecule has 4 heteroatoms. The van der Waals surface area contributed by atoms with Crippen LogP contribution in [0, 0.1) is 11.2 Å². The fourth-order valence-electron chi connectivity index (χ4n) is 2.85. The van der Waals surface area contributed by atoms with Gasteiger partial charge in [-0.1, -0.05) is 36.9 Å². The molecule has 2 nitrogen and oxygen atoms in total. The van der Waals surface area contributed by atoms with Crippen LogP contribution < -0.4 is 5.73 Å². The van der Waals surface area contributed by atoms with E-state index in [0.717, 1.165) is 32.1 Å². The summed E-state index contributed by atoms with van der Waals surface area (Å²) in [5, 5.41) is 0.347. The van der Waals surface area contributed by atoms with E-state index in [2.05, 4.69) is 0 Å². The Labute approximate surface area is 118 Å². The summed E-state index contributed by atoms with van der Waals surface area (Å²) in [4.78, 5) is 12.5. The number of benzene rings is 1. The van der Waals surface area contributed by atoms with Gasteiger partial charge in [0.1, 0.15) is 11.6 Å². The van der Waals surface area contributed by atoms with Gasteiger partial charge in [-0.05, 0) is 30.5 Å². The van der Waals surface area contributed by atoms with Crippen molar-refractivity contribution in [2.24, 2.45) is 11.1 Å². The molecule has 1 aromatic carbocycles. The van der Waals surface area contributed by atoms with Gasteiger partial charge in [0, 0.05) is 23.4 Å². The summed E-state index contributed by atoms with van der Waals surface area (Å²) in [6.45, 7) is 0.362. The van der Waals surface area contributed by atoms with Crippen molar-refractivity contribution < 1.29 is 9.18 Å². The molecule has 0 saturated heterocycles. The fourth-order valence-corrected chi connectivity index (χ4v) is 3.01. The number of hydrogen-bond donors (Lipinski definition) is 1. The minimum absolute atomic E-state index is 0.0657. The minimum Gasteiger partial charge on any atom is -0.329 e. The average molecular weight is 284 g/mol. The fraction of sp³-hybridized carbons (Fsp3) is 0.533. The third kappa shape index (κ3) is 3.15. The zero-order chi connectivity index (χ0) is 13.9. The van der Waals surface area contributed by atoms with Crippen molar-refractivity contribution in [1.82, 2.24) is 0 Å². The lowest BCUT2D eigenvalue weighted by molar-refractivity contribution is -0.129. The maximum atomic E-state index is 13.7. The summed E-state index contributed by atoms with van der Waals surface area (Å²) in [6, 6.07) is 4.45. The number of Topliss-reactive ketones (excluding diaryl/α,β-unsaturated/α-hetero) is 1. The first-order chi connectivity index (χ1) is 9.07. The van der Waals surface area contributed by atoms with Gasteiger partial charge >= 0.3 is 0 Å². The van der Waals surface area contributed by atoms with E-state index in [-0.39, 0.29) is 12.2 Å². The lowest BCUT2D eigenvalue weighted by Crippen LogP contribution is -2.41. The Morgan fingerprint density at radius 2 is 2.00 bits per heavy atom. The van der Waals surface area contributed by atoms with Crippen LogP contribution in [0.3, 0.4) is 0 Å². The van der Waals surface area contributed by atoms with E-state index in [9.17, 15) is 9.18 Å². The summed E-state index contributed by atoms with van der Waals surface area (Å²) >= 11 is 5.71. The number of carbonyl (C=O) groups is 1.